The van der Waals surface area contributed by atoms with Gasteiger partial charge in [0.15, 0.2) is 5.00 Å². The van der Waals surface area contributed by atoms with Gasteiger partial charge in [-0.05, 0) is 25.0 Å². The van der Waals surface area contributed by atoms with Gasteiger partial charge in [0, 0.05) is 0 Å². The largest absolute Gasteiger partial charge is 0.232 e. The molecule has 0 radical (unpaired) electrons. The molecular weight excluding hydrogens is 123 g/mol. The molecule has 2 unspecified atom stereocenters. The number of hydrogen-bond donors (Lipinski definition) is 0. The highest BCUT2D eigenvalue weighted by atomic mass is 32.2. The summed E-state index contributed by atoms with van der Waals surface area (Å²) in [7, 11) is 0. The molecule has 0 nitrogen and oxygen atoms in total. The molecule has 1 saturated heterocycles. The van der Waals surface area contributed by atoms with Crippen molar-refractivity contribution in [1.82, 2.24) is 0 Å². The van der Waals surface area contributed by atoms with E-state index in [9.17, 15) is 4.39 Å². The van der Waals surface area contributed by atoms with Crippen molar-refractivity contribution < 1.29 is 4.39 Å². The molecule has 0 spiro atoms. The number of rotatable bonds is 0. The van der Waals surface area contributed by atoms with Crippen LogP contribution in [0.25, 0.3) is 0 Å². The van der Waals surface area contributed by atoms with Crippen molar-refractivity contribution in [2.75, 3.05) is 5.75 Å². The van der Waals surface area contributed by atoms with Gasteiger partial charge in [-0.1, -0.05) is 6.92 Å². The Bertz CT molecular complexity index is 90.5. The highest BCUT2D eigenvalue weighted by Gasteiger charge is 2.32. The van der Waals surface area contributed by atoms with Crippen molar-refractivity contribution in [3.63, 3.8) is 0 Å². The summed E-state index contributed by atoms with van der Waals surface area (Å²) < 4.78 is 12.8. The van der Waals surface area contributed by atoms with Gasteiger partial charge in [0.1, 0.15) is 0 Å². The molecule has 0 aliphatic carbocycles. The van der Waals surface area contributed by atoms with E-state index in [1.54, 1.807) is 6.92 Å². The maximum atomic E-state index is 12.8. The van der Waals surface area contributed by atoms with E-state index in [-0.39, 0.29) is 0 Å². The smallest absolute Gasteiger partial charge is 0.153 e. The molecule has 2 atom stereocenters. The zero-order chi connectivity index (χ0) is 6.20. The lowest BCUT2D eigenvalue weighted by atomic mass is 10.1. The van der Waals surface area contributed by atoms with Gasteiger partial charge in [0.2, 0.25) is 0 Å². The lowest BCUT2D eigenvalue weighted by Crippen LogP contribution is -2.06. The normalized spacial score (nSPS) is 47.6. The van der Waals surface area contributed by atoms with Gasteiger partial charge >= 0.3 is 0 Å². The lowest BCUT2D eigenvalue weighted by molar-refractivity contribution is 0.285. The minimum Gasteiger partial charge on any atom is -0.232 e. The van der Waals surface area contributed by atoms with Crippen LogP contribution < -0.4 is 0 Å². The van der Waals surface area contributed by atoms with Crippen LogP contribution in [0.4, 0.5) is 4.39 Å². The second-order valence-electron chi connectivity index (χ2n) is 2.72. The quantitative estimate of drug-likeness (QED) is 0.490. The maximum Gasteiger partial charge on any atom is 0.153 e. The summed E-state index contributed by atoms with van der Waals surface area (Å²) in [6.07, 6.45) is 0.734. The van der Waals surface area contributed by atoms with E-state index in [0.29, 0.717) is 5.92 Å². The van der Waals surface area contributed by atoms with Crippen molar-refractivity contribution in [3.8, 4) is 0 Å². The Morgan fingerprint density at radius 1 is 1.75 bits per heavy atom. The molecule has 0 aromatic heterocycles. The molecule has 2 heteroatoms. The van der Waals surface area contributed by atoms with Crippen molar-refractivity contribution >= 4 is 11.8 Å². The van der Waals surface area contributed by atoms with Crippen molar-refractivity contribution in [3.05, 3.63) is 0 Å². The van der Waals surface area contributed by atoms with E-state index in [4.69, 9.17) is 0 Å². The first kappa shape index (κ1) is 6.40. The molecule has 8 heavy (non-hydrogen) atoms. The minimum atomic E-state index is -0.917. The van der Waals surface area contributed by atoms with E-state index in [1.807, 2.05) is 0 Å². The highest BCUT2D eigenvalue weighted by Crippen LogP contribution is 2.41. The number of halogens is 1. The van der Waals surface area contributed by atoms with E-state index in [2.05, 4.69) is 6.92 Å². The molecule has 0 amide bonds. The fourth-order valence-electron chi connectivity index (χ4n) is 1.06. The van der Waals surface area contributed by atoms with Gasteiger partial charge < -0.3 is 0 Å². The Kier molecular flexibility index (Phi) is 1.52. The Labute approximate surface area is 53.8 Å². The van der Waals surface area contributed by atoms with Crippen molar-refractivity contribution in [1.29, 1.82) is 0 Å². The van der Waals surface area contributed by atoms with Gasteiger partial charge in [-0.15, -0.1) is 11.8 Å². The fraction of sp³-hybridized carbons (Fsp3) is 1.00. The number of thioether (sulfide) groups is 1. The standard InChI is InChI=1S/C6H11FS/c1-5-3-6(2,7)8-4-5/h5H,3-4H2,1-2H3. The van der Waals surface area contributed by atoms with Crippen LogP contribution >= 0.6 is 11.8 Å². The van der Waals surface area contributed by atoms with Crippen LogP contribution in [0.15, 0.2) is 0 Å². The molecule has 1 rings (SSSR count). The molecule has 1 aliphatic heterocycles. The third kappa shape index (κ3) is 1.38. The van der Waals surface area contributed by atoms with Crippen LogP contribution in [0.2, 0.25) is 0 Å². The van der Waals surface area contributed by atoms with Crippen LogP contribution in [-0.2, 0) is 0 Å². The van der Waals surface area contributed by atoms with Crippen LogP contribution in [0, 0.1) is 5.92 Å². The lowest BCUT2D eigenvalue weighted by Gasteiger charge is -2.08. The number of alkyl halides is 1. The average Bonchev–Trinajstić information content (AvgIpc) is 1.82. The SMILES string of the molecule is CC1CSC(C)(F)C1. The van der Waals surface area contributed by atoms with E-state index in [1.165, 1.54) is 11.8 Å². The van der Waals surface area contributed by atoms with Crippen LogP contribution in [-0.4, -0.2) is 10.8 Å². The van der Waals surface area contributed by atoms with Gasteiger partial charge in [0.05, 0.1) is 0 Å². The monoisotopic (exact) mass is 134 g/mol. The Balaban J connectivity index is 2.44. The van der Waals surface area contributed by atoms with Crippen LogP contribution in [0.1, 0.15) is 20.3 Å². The van der Waals surface area contributed by atoms with Gasteiger partial charge in [-0.25, -0.2) is 4.39 Å². The topological polar surface area (TPSA) is 0 Å². The molecule has 0 aromatic rings. The molecular formula is C6H11FS. The summed E-state index contributed by atoms with van der Waals surface area (Å²) in [4.78, 5) is 0. The summed E-state index contributed by atoms with van der Waals surface area (Å²) in [5.74, 6) is 1.57. The summed E-state index contributed by atoms with van der Waals surface area (Å²) >= 11 is 1.44. The third-order valence-electron chi connectivity index (χ3n) is 1.38. The average molecular weight is 134 g/mol. The van der Waals surface area contributed by atoms with Gasteiger partial charge in [-0.2, -0.15) is 0 Å². The highest BCUT2D eigenvalue weighted by molar-refractivity contribution is 8.00. The predicted octanol–water partition coefficient (Wildman–Crippen LogP) is 2.45. The number of hydrogen-bond acceptors (Lipinski definition) is 1. The third-order valence-corrected chi connectivity index (χ3v) is 2.89. The van der Waals surface area contributed by atoms with E-state index < -0.39 is 5.00 Å². The molecule has 0 aromatic carbocycles. The first-order valence-corrected chi connectivity index (χ1v) is 3.91. The summed E-state index contributed by atoms with van der Waals surface area (Å²) in [6, 6.07) is 0. The molecule has 1 fully saturated rings. The first-order valence-electron chi connectivity index (χ1n) is 2.93. The fourth-order valence-corrected chi connectivity index (χ4v) is 2.21. The van der Waals surface area contributed by atoms with Crippen LogP contribution in [0.5, 0.6) is 0 Å². The molecule has 0 N–H and O–H groups in total. The molecule has 0 bridgehead atoms. The molecule has 0 saturated carbocycles. The molecule has 48 valence electrons. The van der Waals surface area contributed by atoms with E-state index in [0.717, 1.165) is 12.2 Å². The molecule has 1 heterocycles. The zero-order valence-corrected chi connectivity index (χ0v) is 6.09. The summed E-state index contributed by atoms with van der Waals surface area (Å²) in [5, 5.41) is -0.917. The zero-order valence-electron chi connectivity index (χ0n) is 5.28. The van der Waals surface area contributed by atoms with E-state index >= 15 is 0 Å². The Morgan fingerprint density at radius 3 is 2.50 bits per heavy atom. The molecule has 1 aliphatic rings. The second-order valence-corrected chi connectivity index (χ2v) is 4.20. The summed E-state index contributed by atoms with van der Waals surface area (Å²) in [5.41, 5.74) is 0. The van der Waals surface area contributed by atoms with Gasteiger partial charge in [0.25, 0.3) is 0 Å². The van der Waals surface area contributed by atoms with Gasteiger partial charge in [-0.3, -0.25) is 0 Å². The summed E-state index contributed by atoms with van der Waals surface area (Å²) in [6.45, 7) is 3.76. The predicted molar refractivity (Wildman–Crippen MR) is 35.8 cm³/mol. The van der Waals surface area contributed by atoms with Crippen LogP contribution in [0.3, 0.4) is 0 Å². The van der Waals surface area contributed by atoms with Crippen molar-refractivity contribution in [2.45, 2.75) is 25.3 Å². The van der Waals surface area contributed by atoms with Crippen molar-refractivity contribution in [2.24, 2.45) is 5.92 Å². The first-order chi connectivity index (χ1) is 3.60. The Hall–Kier alpha value is 0.280. The minimum absolute atomic E-state index is 0.579. The second kappa shape index (κ2) is 1.90. The Morgan fingerprint density at radius 2 is 2.38 bits per heavy atom. The maximum absolute atomic E-state index is 12.8.